The van der Waals surface area contributed by atoms with Gasteiger partial charge in [-0.15, -0.1) is 0 Å². The number of rotatable bonds is 9. The topological polar surface area (TPSA) is 39.7 Å². The number of hydrogen-bond acceptors (Lipinski definition) is 4. The summed E-state index contributed by atoms with van der Waals surface area (Å²) in [4.78, 5) is 0. The molecule has 0 amide bonds. The Bertz CT molecular complexity index is 441. The summed E-state index contributed by atoms with van der Waals surface area (Å²) in [6.45, 7) is 6.58. The molecule has 0 heterocycles. The van der Waals surface area contributed by atoms with Crippen molar-refractivity contribution in [2.24, 2.45) is 5.92 Å². The first-order valence-electron chi connectivity index (χ1n) is 6.87. The van der Waals surface area contributed by atoms with E-state index in [9.17, 15) is 0 Å². The molecule has 0 aliphatic heterocycles. The number of nitrogens with one attached hydrogen (secondary N) is 1. The molecule has 0 aromatic heterocycles. The van der Waals surface area contributed by atoms with Crippen LogP contribution in [0.5, 0.6) is 11.5 Å². The molecule has 1 N–H and O–H groups in total. The van der Waals surface area contributed by atoms with Crippen LogP contribution in [0.3, 0.4) is 0 Å². The summed E-state index contributed by atoms with van der Waals surface area (Å²) in [7, 11) is 3.31. The van der Waals surface area contributed by atoms with Crippen molar-refractivity contribution in [2.75, 3.05) is 33.9 Å². The maximum absolute atomic E-state index is 6.03. The van der Waals surface area contributed by atoms with Gasteiger partial charge in [0.2, 0.25) is 0 Å². The van der Waals surface area contributed by atoms with E-state index in [-0.39, 0.29) is 6.10 Å². The number of ether oxygens (including phenoxy) is 3. The van der Waals surface area contributed by atoms with Crippen LogP contribution in [-0.2, 0) is 4.74 Å². The molecule has 6 heteroatoms. The molecule has 1 aromatic rings. The van der Waals surface area contributed by atoms with Gasteiger partial charge in [0.1, 0.15) is 17.6 Å². The third-order valence-electron chi connectivity index (χ3n) is 2.78. The molecule has 0 saturated carbocycles. The van der Waals surface area contributed by atoms with Crippen molar-refractivity contribution in [1.82, 2.24) is 5.32 Å². The Balaban J connectivity index is 2.71. The van der Waals surface area contributed by atoms with E-state index in [2.05, 4.69) is 51.0 Å². The molecule has 0 radical (unpaired) electrons. The lowest BCUT2D eigenvalue weighted by Crippen LogP contribution is -2.36. The summed E-state index contributed by atoms with van der Waals surface area (Å²) in [5.74, 6) is 2.13. The van der Waals surface area contributed by atoms with E-state index in [1.54, 1.807) is 14.2 Å². The van der Waals surface area contributed by atoms with Crippen molar-refractivity contribution in [3.63, 3.8) is 0 Å². The second kappa shape index (κ2) is 9.66. The molecule has 0 fully saturated rings. The number of halogens is 2. The predicted molar refractivity (Wildman–Crippen MR) is 92.4 cm³/mol. The minimum absolute atomic E-state index is 0.0506. The van der Waals surface area contributed by atoms with Gasteiger partial charge < -0.3 is 19.5 Å². The fourth-order valence-corrected chi connectivity index (χ4v) is 2.69. The monoisotopic (exact) mass is 423 g/mol. The van der Waals surface area contributed by atoms with Crippen LogP contribution < -0.4 is 14.8 Å². The highest BCUT2D eigenvalue weighted by Crippen LogP contribution is 2.36. The van der Waals surface area contributed by atoms with Gasteiger partial charge in [-0.2, -0.15) is 0 Å². The molecular weight excluding hydrogens is 402 g/mol. The SMILES string of the molecule is COCC(CNCC(C)C)Oc1cc(Br)c(OC)cc1Br. The van der Waals surface area contributed by atoms with Crippen LogP contribution in [-0.4, -0.2) is 40.0 Å². The molecule has 1 atom stereocenters. The van der Waals surface area contributed by atoms with E-state index in [0.29, 0.717) is 12.5 Å². The van der Waals surface area contributed by atoms with Crippen molar-refractivity contribution in [3.8, 4) is 11.5 Å². The first kappa shape index (κ1) is 18.7. The van der Waals surface area contributed by atoms with Gasteiger partial charge in [0.15, 0.2) is 0 Å². The standard InChI is InChI=1S/C15H23Br2NO3/c1-10(2)7-18-8-11(9-19-3)21-15-6-12(16)14(20-4)5-13(15)17/h5-6,10-11,18H,7-9H2,1-4H3. The highest BCUT2D eigenvalue weighted by molar-refractivity contribution is 9.11. The minimum atomic E-state index is -0.0506. The Morgan fingerprint density at radius 1 is 1.05 bits per heavy atom. The lowest BCUT2D eigenvalue weighted by Gasteiger charge is -2.21. The smallest absolute Gasteiger partial charge is 0.135 e. The molecule has 0 aliphatic rings. The van der Waals surface area contributed by atoms with Crippen molar-refractivity contribution in [2.45, 2.75) is 20.0 Å². The summed E-state index contributed by atoms with van der Waals surface area (Å²) in [6.07, 6.45) is -0.0506. The van der Waals surface area contributed by atoms with Crippen LogP contribution in [0.1, 0.15) is 13.8 Å². The van der Waals surface area contributed by atoms with Crippen molar-refractivity contribution >= 4 is 31.9 Å². The molecule has 0 bridgehead atoms. The zero-order chi connectivity index (χ0) is 15.8. The Hall–Kier alpha value is -0.300. The van der Waals surface area contributed by atoms with Gasteiger partial charge in [-0.1, -0.05) is 13.8 Å². The molecule has 0 aliphatic carbocycles. The number of methoxy groups -OCH3 is 2. The average Bonchev–Trinajstić information content (AvgIpc) is 2.42. The normalized spacial score (nSPS) is 12.5. The molecule has 4 nitrogen and oxygen atoms in total. The second-order valence-electron chi connectivity index (χ2n) is 5.16. The van der Waals surface area contributed by atoms with E-state index in [0.717, 1.165) is 33.5 Å². The van der Waals surface area contributed by atoms with Crippen molar-refractivity contribution in [1.29, 1.82) is 0 Å². The van der Waals surface area contributed by atoms with Crippen LogP contribution in [0.2, 0.25) is 0 Å². The maximum atomic E-state index is 6.03. The fraction of sp³-hybridized carbons (Fsp3) is 0.600. The Morgan fingerprint density at radius 3 is 2.24 bits per heavy atom. The lowest BCUT2D eigenvalue weighted by atomic mass is 10.2. The van der Waals surface area contributed by atoms with Crippen LogP contribution >= 0.6 is 31.9 Å². The Labute approximate surface area is 143 Å². The van der Waals surface area contributed by atoms with Gasteiger partial charge in [0.05, 0.1) is 22.7 Å². The molecule has 21 heavy (non-hydrogen) atoms. The first-order chi connectivity index (χ1) is 9.97. The quantitative estimate of drug-likeness (QED) is 0.653. The summed E-state index contributed by atoms with van der Waals surface area (Å²) < 4.78 is 18.2. The Morgan fingerprint density at radius 2 is 1.67 bits per heavy atom. The number of hydrogen-bond donors (Lipinski definition) is 1. The molecule has 120 valence electrons. The highest BCUT2D eigenvalue weighted by Gasteiger charge is 2.15. The van der Waals surface area contributed by atoms with E-state index in [1.807, 2.05) is 12.1 Å². The lowest BCUT2D eigenvalue weighted by molar-refractivity contribution is 0.0796. The second-order valence-corrected chi connectivity index (χ2v) is 6.87. The molecule has 1 aromatic carbocycles. The number of benzene rings is 1. The van der Waals surface area contributed by atoms with Gasteiger partial charge in [-0.05, 0) is 56.5 Å². The summed E-state index contributed by atoms with van der Waals surface area (Å²) >= 11 is 6.98. The van der Waals surface area contributed by atoms with Crippen molar-refractivity contribution in [3.05, 3.63) is 21.1 Å². The largest absolute Gasteiger partial charge is 0.496 e. The highest BCUT2D eigenvalue weighted by atomic mass is 79.9. The van der Waals surface area contributed by atoms with Gasteiger partial charge in [-0.25, -0.2) is 0 Å². The Kier molecular flexibility index (Phi) is 8.63. The van der Waals surface area contributed by atoms with Crippen molar-refractivity contribution < 1.29 is 14.2 Å². The van der Waals surface area contributed by atoms with Crippen LogP contribution in [0.15, 0.2) is 21.1 Å². The molecule has 0 spiro atoms. The van der Waals surface area contributed by atoms with Crippen LogP contribution in [0.4, 0.5) is 0 Å². The average molecular weight is 425 g/mol. The van der Waals surface area contributed by atoms with E-state index in [4.69, 9.17) is 14.2 Å². The van der Waals surface area contributed by atoms with Gasteiger partial charge in [-0.3, -0.25) is 0 Å². The zero-order valence-electron chi connectivity index (χ0n) is 12.9. The third-order valence-corrected chi connectivity index (χ3v) is 4.02. The third kappa shape index (κ3) is 6.55. The van der Waals surface area contributed by atoms with E-state index < -0.39 is 0 Å². The van der Waals surface area contributed by atoms with Gasteiger partial charge in [0, 0.05) is 13.7 Å². The first-order valence-corrected chi connectivity index (χ1v) is 8.45. The predicted octanol–water partition coefficient (Wildman–Crippen LogP) is 3.86. The fourth-order valence-electron chi connectivity index (χ4n) is 1.79. The summed E-state index contributed by atoms with van der Waals surface area (Å²) in [5.41, 5.74) is 0. The summed E-state index contributed by atoms with van der Waals surface area (Å²) in [6, 6.07) is 3.78. The van der Waals surface area contributed by atoms with Crippen LogP contribution in [0, 0.1) is 5.92 Å². The van der Waals surface area contributed by atoms with E-state index >= 15 is 0 Å². The summed E-state index contributed by atoms with van der Waals surface area (Å²) in [5, 5.41) is 3.39. The zero-order valence-corrected chi connectivity index (χ0v) is 16.1. The molecule has 1 unspecified atom stereocenters. The van der Waals surface area contributed by atoms with E-state index in [1.165, 1.54) is 0 Å². The van der Waals surface area contributed by atoms with Crippen LogP contribution in [0.25, 0.3) is 0 Å². The molecular formula is C15H23Br2NO3. The molecule has 0 saturated heterocycles. The maximum Gasteiger partial charge on any atom is 0.135 e. The van der Waals surface area contributed by atoms with Gasteiger partial charge in [0.25, 0.3) is 0 Å². The minimum Gasteiger partial charge on any atom is -0.496 e. The van der Waals surface area contributed by atoms with Gasteiger partial charge >= 0.3 is 0 Å². The molecule has 1 rings (SSSR count).